The third-order valence-electron chi connectivity index (χ3n) is 3.73. The number of halogens is 1. The van der Waals surface area contributed by atoms with Crippen LogP contribution in [0.1, 0.15) is 6.42 Å². The maximum absolute atomic E-state index is 12.6. The highest BCUT2D eigenvalue weighted by Gasteiger charge is 2.32. The number of hydrogen-bond donors (Lipinski definition) is 1. The Kier molecular flexibility index (Phi) is 4.98. The van der Waals surface area contributed by atoms with E-state index in [4.69, 9.17) is 15.2 Å². The van der Waals surface area contributed by atoms with Gasteiger partial charge in [0.15, 0.2) is 11.5 Å². The van der Waals surface area contributed by atoms with E-state index in [2.05, 4.69) is 0 Å². The van der Waals surface area contributed by atoms with E-state index in [9.17, 15) is 8.42 Å². The molecular formula is C13H19ClN2O4S. The molecule has 2 heterocycles. The minimum absolute atomic E-state index is 0. The highest BCUT2D eigenvalue weighted by Crippen LogP contribution is 2.34. The summed E-state index contributed by atoms with van der Waals surface area (Å²) in [7, 11) is -3.47. The van der Waals surface area contributed by atoms with E-state index < -0.39 is 10.0 Å². The summed E-state index contributed by atoms with van der Waals surface area (Å²) in [5.41, 5.74) is 5.61. The van der Waals surface area contributed by atoms with Gasteiger partial charge in [0.2, 0.25) is 10.0 Å². The van der Waals surface area contributed by atoms with E-state index >= 15 is 0 Å². The SMILES string of the molecule is Cl.NCC1CCN(S(=O)(=O)c2ccc3c(c2)OCCO3)C1. The van der Waals surface area contributed by atoms with Gasteiger partial charge in [-0.3, -0.25) is 0 Å². The first-order valence-electron chi connectivity index (χ1n) is 6.71. The summed E-state index contributed by atoms with van der Waals surface area (Å²) in [6, 6.07) is 4.76. The van der Waals surface area contributed by atoms with E-state index in [1.807, 2.05) is 0 Å². The maximum atomic E-state index is 12.6. The molecule has 0 bridgehead atoms. The van der Waals surface area contributed by atoms with Crippen molar-refractivity contribution in [2.45, 2.75) is 11.3 Å². The number of benzene rings is 1. The maximum Gasteiger partial charge on any atom is 0.243 e. The summed E-state index contributed by atoms with van der Waals surface area (Å²) in [6.45, 7) is 2.47. The largest absolute Gasteiger partial charge is 0.486 e. The van der Waals surface area contributed by atoms with E-state index in [1.54, 1.807) is 18.2 Å². The molecule has 118 valence electrons. The van der Waals surface area contributed by atoms with E-state index in [-0.39, 0.29) is 23.2 Å². The molecule has 0 aliphatic carbocycles. The monoisotopic (exact) mass is 334 g/mol. The summed E-state index contributed by atoms with van der Waals surface area (Å²) in [6.07, 6.45) is 0.820. The molecule has 0 spiro atoms. The van der Waals surface area contributed by atoms with Crippen molar-refractivity contribution in [3.8, 4) is 11.5 Å². The second-order valence-electron chi connectivity index (χ2n) is 5.06. The Morgan fingerprint density at radius 2 is 1.95 bits per heavy atom. The van der Waals surface area contributed by atoms with Crippen molar-refractivity contribution in [2.24, 2.45) is 11.7 Å². The molecule has 8 heteroatoms. The lowest BCUT2D eigenvalue weighted by molar-refractivity contribution is 0.171. The van der Waals surface area contributed by atoms with Gasteiger partial charge in [0.05, 0.1) is 4.90 Å². The highest BCUT2D eigenvalue weighted by atomic mass is 35.5. The number of nitrogens with two attached hydrogens (primary N) is 1. The minimum atomic E-state index is -3.47. The Balaban J connectivity index is 0.00000161. The molecule has 0 radical (unpaired) electrons. The predicted octanol–water partition coefficient (Wildman–Crippen LogP) is 0.849. The normalized spacial score (nSPS) is 21.9. The number of fused-ring (bicyclic) bond motifs is 1. The van der Waals surface area contributed by atoms with Gasteiger partial charge in [0, 0.05) is 19.2 Å². The molecule has 2 aliphatic rings. The van der Waals surface area contributed by atoms with Crippen molar-refractivity contribution >= 4 is 22.4 Å². The predicted molar refractivity (Wildman–Crippen MR) is 80.6 cm³/mol. The Labute approximate surface area is 130 Å². The minimum Gasteiger partial charge on any atom is -0.486 e. The lowest BCUT2D eigenvalue weighted by Gasteiger charge is -2.21. The van der Waals surface area contributed by atoms with Crippen LogP contribution in [0.15, 0.2) is 23.1 Å². The average Bonchev–Trinajstić information content (AvgIpc) is 2.96. The van der Waals surface area contributed by atoms with Gasteiger partial charge in [0.25, 0.3) is 0 Å². The molecule has 1 aromatic rings. The molecular weight excluding hydrogens is 316 g/mol. The van der Waals surface area contributed by atoms with Gasteiger partial charge in [-0.25, -0.2) is 8.42 Å². The number of hydrogen-bond acceptors (Lipinski definition) is 5. The standard InChI is InChI=1S/C13H18N2O4S.ClH/c14-8-10-3-4-15(9-10)20(16,17)11-1-2-12-13(7-11)19-6-5-18-12;/h1-2,7,10H,3-6,8-9,14H2;1H. The first-order valence-corrected chi connectivity index (χ1v) is 8.15. The van der Waals surface area contributed by atoms with Crippen molar-refractivity contribution in [1.29, 1.82) is 0 Å². The summed E-state index contributed by atoms with van der Waals surface area (Å²) in [5.74, 6) is 1.34. The van der Waals surface area contributed by atoms with Crippen molar-refractivity contribution in [3.63, 3.8) is 0 Å². The molecule has 21 heavy (non-hydrogen) atoms. The number of sulfonamides is 1. The second kappa shape index (κ2) is 6.39. The van der Waals surface area contributed by atoms with Gasteiger partial charge < -0.3 is 15.2 Å². The van der Waals surface area contributed by atoms with Gasteiger partial charge in [-0.05, 0) is 31.0 Å². The zero-order valence-corrected chi connectivity index (χ0v) is 13.2. The van der Waals surface area contributed by atoms with Crippen LogP contribution in [-0.4, -0.2) is 45.6 Å². The fourth-order valence-electron chi connectivity index (χ4n) is 2.54. The van der Waals surface area contributed by atoms with Crippen LogP contribution in [0.5, 0.6) is 11.5 Å². The molecule has 1 fully saturated rings. The molecule has 6 nitrogen and oxygen atoms in total. The Morgan fingerprint density at radius 1 is 1.24 bits per heavy atom. The molecule has 1 atom stereocenters. The van der Waals surface area contributed by atoms with Crippen LogP contribution in [0.4, 0.5) is 0 Å². The summed E-state index contributed by atoms with van der Waals surface area (Å²) in [5, 5.41) is 0. The third-order valence-corrected chi connectivity index (χ3v) is 5.59. The van der Waals surface area contributed by atoms with Crippen LogP contribution in [-0.2, 0) is 10.0 Å². The van der Waals surface area contributed by atoms with E-state index in [0.717, 1.165) is 6.42 Å². The van der Waals surface area contributed by atoms with Crippen molar-refractivity contribution in [2.75, 3.05) is 32.8 Å². The lowest BCUT2D eigenvalue weighted by atomic mass is 10.1. The Bertz CT molecular complexity index is 608. The number of nitrogens with zero attached hydrogens (tertiary/aromatic N) is 1. The molecule has 0 aromatic heterocycles. The summed E-state index contributed by atoms with van der Waals surface area (Å²) in [4.78, 5) is 0.249. The molecule has 0 saturated carbocycles. The smallest absolute Gasteiger partial charge is 0.243 e. The van der Waals surface area contributed by atoms with Crippen molar-refractivity contribution in [3.05, 3.63) is 18.2 Å². The molecule has 2 N–H and O–H groups in total. The van der Waals surface area contributed by atoms with Crippen molar-refractivity contribution in [1.82, 2.24) is 4.31 Å². The van der Waals surface area contributed by atoms with Gasteiger partial charge in [0.1, 0.15) is 13.2 Å². The molecule has 0 amide bonds. The van der Waals surface area contributed by atoms with Crippen LogP contribution in [0.3, 0.4) is 0 Å². The Hall–Kier alpha value is -1.02. The number of ether oxygens (including phenoxy) is 2. The summed E-state index contributed by atoms with van der Waals surface area (Å²) < 4.78 is 37.5. The van der Waals surface area contributed by atoms with Crippen molar-refractivity contribution < 1.29 is 17.9 Å². The zero-order chi connectivity index (χ0) is 14.2. The molecule has 1 unspecified atom stereocenters. The molecule has 3 rings (SSSR count). The van der Waals surface area contributed by atoms with E-state index in [0.29, 0.717) is 44.3 Å². The second-order valence-corrected chi connectivity index (χ2v) is 7.00. The fourth-order valence-corrected chi connectivity index (χ4v) is 4.09. The van der Waals surface area contributed by atoms with Crippen LogP contribution in [0, 0.1) is 5.92 Å². The third kappa shape index (κ3) is 3.11. The van der Waals surface area contributed by atoms with Gasteiger partial charge in [-0.1, -0.05) is 0 Å². The van der Waals surface area contributed by atoms with Crippen LogP contribution < -0.4 is 15.2 Å². The van der Waals surface area contributed by atoms with Crippen LogP contribution in [0.25, 0.3) is 0 Å². The first kappa shape index (κ1) is 16.4. The van der Waals surface area contributed by atoms with Crippen LogP contribution >= 0.6 is 12.4 Å². The quantitative estimate of drug-likeness (QED) is 0.886. The fraction of sp³-hybridized carbons (Fsp3) is 0.538. The number of rotatable bonds is 3. The molecule has 2 aliphatic heterocycles. The molecule has 1 saturated heterocycles. The van der Waals surface area contributed by atoms with Crippen LogP contribution in [0.2, 0.25) is 0 Å². The van der Waals surface area contributed by atoms with Gasteiger partial charge >= 0.3 is 0 Å². The average molecular weight is 335 g/mol. The topological polar surface area (TPSA) is 81.9 Å². The highest BCUT2D eigenvalue weighted by molar-refractivity contribution is 7.89. The van der Waals surface area contributed by atoms with E-state index in [1.165, 1.54) is 4.31 Å². The molecule has 1 aromatic carbocycles. The zero-order valence-electron chi connectivity index (χ0n) is 11.5. The Morgan fingerprint density at radius 3 is 2.62 bits per heavy atom. The lowest BCUT2D eigenvalue weighted by Crippen LogP contribution is -2.30. The first-order chi connectivity index (χ1) is 9.61. The van der Waals surface area contributed by atoms with Gasteiger partial charge in [-0.15, -0.1) is 12.4 Å². The summed E-state index contributed by atoms with van der Waals surface area (Å²) >= 11 is 0. The van der Waals surface area contributed by atoms with Gasteiger partial charge in [-0.2, -0.15) is 4.31 Å².